The Balaban J connectivity index is 1.66. The van der Waals surface area contributed by atoms with Crippen LogP contribution in [0.15, 0.2) is 42.5 Å². The van der Waals surface area contributed by atoms with Gasteiger partial charge in [-0.3, -0.25) is 0 Å². The first kappa shape index (κ1) is 19.4. The van der Waals surface area contributed by atoms with Gasteiger partial charge in [0, 0.05) is 6.54 Å². The zero-order chi connectivity index (χ0) is 19.7. The lowest BCUT2D eigenvalue weighted by molar-refractivity contribution is -0.137. The zero-order valence-corrected chi connectivity index (χ0v) is 15.9. The lowest BCUT2D eigenvalue weighted by Gasteiger charge is -2.30. The maximum absolute atomic E-state index is 12.9. The van der Waals surface area contributed by atoms with Gasteiger partial charge in [-0.15, -0.1) is 0 Å². The summed E-state index contributed by atoms with van der Waals surface area (Å²) >= 11 is 0. The largest absolute Gasteiger partial charge is 0.416 e. The van der Waals surface area contributed by atoms with Gasteiger partial charge in [0.1, 0.15) is 0 Å². The molecule has 6 heteroatoms. The first-order valence-electron chi connectivity index (χ1n) is 9.80. The van der Waals surface area contributed by atoms with E-state index in [2.05, 4.69) is 28.8 Å². The highest BCUT2D eigenvalue weighted by atomic mass is 19.4. The van der Waals surface area contributed by atoms with Crippen LogP contribution in [0.3, 0.4) is 0 Å². The van der Waals surface area contributed by atoms with Crippen molar-refractivity contribution in [3.63, 3.8) is 0 Å². The Kier molecular flexibility index (Phi) is 5.45. The molecule has 3 unspecified atom stereocenters. The minimum atomic E-state index is -4.32. The molecular formula is C22H25F3N2O. The van der Waals surface area contributed by atoms with Crippen LogP contribution in [0.4, 0.5) is 13.2 Å². The number of alkyl halides is 3. The molecular weight excluding hydrogens is 365 g/mol. The van der Waals surface area contributed by atoms with E-state index >= 15 is 0 Å². The Morgan fingerprint density at radius 2 is 1.75 bits per heavy atom. The van der Waals surface area contributed by atoms with Crippen LogP contribution in [-0.4, -0.2) is 25.8 Å². The van der Waals surface area contributed by atoms with Crippen molar-refractivity contribution in [1.82, 2.24) is 10.6 Å². The Labute approximate surface area is 163 Å². The molecule has 0 aliphatic carbocycles. The molecule has 1 fully saturated rings. The number of benzene rings is 2. The molecule has 2 aliphatic rings. The summed E-state index contributed by atoms with van der Waals surface area (Å²) in [6, 6.07) is 12.0. The van der Waals surface area contributed by atoms with Gasteiger partial charge in [-0.2, -0.15) is 13.2 Å². The Hall–Kier alpha value is -1.89. The number of halogens is 3. The van der Waals surface area contributed by atoms with Gasteiger partial charge in [-0.05, 0) is 60.7 Å². The standard InChI is InChI=1S/C22H25F3N2O/c1-14-12-27-20(13-28-14)17-5-4-15-3-2-10-26-21(19(15)11-17)16-6-8-18(9-7-16)22(23,24)25/h4-9,11,14,20-21,26-27H,2-3,10,12-13H2,1H3. The van der Waals surface area contributed by atoms with E-state index in [1.165, 1.54) is 17.7 Å². The highest BCUT2D eigenvalue weighted by Gasteiger charge is 2.31. The summed E-state index contributed by atoms with van der Waals surface area (Å²) in [6.07, 6.45) is -2.14. The summed E-state index contributed by atoms with van der Waals surface area (Å²) in [5.74, 6) is 0. The SMILES string of the molecule is CC1CNC(c2ccc3c(c2)C(c2ccc(C(F)(F)F)cc2)NCCC3)CO1. The first-order chi connectivity index (χ1) is 13.4. The van der Waals surface area contributed by atoms with E-state index in [1.807, 2.05) is 6.92 Å². The molecule has 150 valence electrons. The molecule has 2 aliphatic heterocycles. The predicted molar refractivity (Wildman–Crippen MR) is 102 cm³/mol. The number of hydrogen-bond acceptors (Lipinski definition) is 3. The number of fused-ring (bicyclic) bond motifs is 1. The summed E-state index contributed by atoms with van der Waals surface area (Å²) in [6.45, 7) is 4.31. The van der Waals surface area contributed by atoms with E-state index in [-0.39, 0.29) is 18.2 Å². The molecule has 2 aromatic carbocycles. The monoisotopic (exact) mass is 390 g/mol. The van der Waals surface area contributed by atoms with Crippen molar-refractivity contribution in [2.24, 2.45) is 0 Å². The van der Waals surface area contributed by atoms with Crippen LogP contribution in [0, 0.1) is 0 Å². The normalized spacial score (nSPS) is 25.8. The summed E-state index contributed by atoms with van der Waals surface area (Å²) < 4.78 is 44.5. The van der Waals surface area contributed by atoms with Gasteiger partial charge >= 0.3 is 6.18 Å². The van der Waals surface area contributed by atoms with Crippen LogP contribution in [0.5, 0.6) is 0 Å². The van der Waals surface area contributed by atoms with E-state index in [1.54, 1.807) is 12.1 Å². The molecule has 0 bridgehead atoms. The van der Waals surface area contributed by atoms with Gasteiger partial charge in [-0.1, -0.05) is 30.3 Å². The molecule has 0 aromatic heterocycles. The minimum absolute atomic E-state index is 0.108. The van der Waals surface area contributed by atoms with Gasteiger partial charge in [0.15, 0.2) is 0 Å². The van der Waals surface area contributed by atoms with Crippen LogP contribution in [0.25, 0.3) is 0 Å². The maximum atomic E-state index is 12.9. The first-order valence-corrected chi connectivity index (χ1v) is 9.80. The molecule has 2 aromatic rings. The molecule has 0 saturated carbocycles. The third-order valence-corrected chi connectivity index (χ3v) is 5.63. The van der Waals surface area contributed by atoms with E-state index in [9.17, 15) is 13.2 Å². The molecule has 3 nitrogen and oxygen atoms in total. The third-order valence-electron chi connectivity index (χ3n) is 5.63. The number of ether oxygens (including phenoxy) is 1. The lowest BCUT2D eigenvalue weighted by Crippen LogP contribution is -2.39. The molecule has 0 radical (unpaired) electrons. The van der Waals surface area contributed by atoms with Gasteiger partial charge < -0.3 is 15.4 Å². The zero-order valence-electron chi connectivity index (χ0n) is 15.9. The minimum Gasteiger partial charge on any atom is -0.375 e. The lowest BCUT2D eigenvalue weighted by atomic mass is 9.90. The quantitative estimate of drug-likeness (QED) is 0.799. The number of hydrogen-bond donors (Lipinski definition) is 2. The van der Waals surface area contributed by atoms with Crippen molar-refractivity contribution in [2.45, 2.75) is 44.1 Å². The van der Waals surface area contributed by atoms with Crippen molar-refractivity contribution in [1.29, 1.82) is 0 Å². The average molecular weight is 390 g/mol. The number of aryl methyl sites for hydroxylation is 1. The van der Waals surface area contributed by atoms with Gasteiger partial charge in [-0.25, -0.2) is 0 Å². The van der Waals surface area contributed by atoms with Crippen molar-refractivity contribution < 1.29 is 17.9 Å². The molecule has 0 amide bonds. The summed E-state index contributed by atoms with van der Waals surface area (Å²) in [5.41, 5.74) is 3.80. The highest BCUT2D eigenvalue weighted by molar-refractivity contribution is 5.42. The van der Waals surface area contributed by atoms with Crippen molar-refractivity contribution >= 4 is 0 Å². The molecule has 1 saturated heterocycles. The molecule has 3 atom stereocenters. The van der Waals surface area contributed by atoms with E-state index in [0.29, 0.717) is 6.61 Å². The van der Waals surface area contributed by atoms with E-state index < -0.39 is 11.7 Å². The maximum Gasteiger partial charge on any atom is 0.416 e. The van der Waals surface area contributed by atoms with Crippen LogP contribution < -0.4 is 10.6 Å². The Morgan fingerprint density at radius 3 is 2.43 bits per heavy atom. The number of morpholine rings is 1. The molecule has 4 rings (SSSR count). The van der Waals surface area contributed by atoms with Crippen molar-refractivity contribution in [3.05, 3.63) is 70.3 Å². The topological polar surface area (TPSA) is 33.3 Å². The van der Waals surface area contributed by atoms with E-state index in [0.717, 1.165) is 42.6 Å². The number of rotatable bonds is 2. The van der Waals surface area contributed by atoms with Crippen LogP contribution in [-0.2, 0) is 17.3 Å². The van der Waals surface area contributed by atoms with Gasteiger partial charge in [0.05, 0.1) is 30.4 Å². The fourth-order valence-electron chi connectivity index (χ4n) is 4.02. The van der Waals surface area contributed by atoms with Gasteiger partial charge in [0.25, 0.3) is 0 Å². The third kappa shape index (κ3) is 4.09. The molecule has 28 heavy (non-hydrogen) atoms. The predicted octanol–water partition coefficient (Wildman–Crippen LogP) is 4.38. The van der Waals surface area contributed by atoms with E-state index in [4.69, 9.17) is 4.74 Å². The Morgan fingerprint density at radius 1 is 1.00 bits per heavy atom. The summed E-state index contributed by atoms with van der Waals surface area (Å²) in [7, 11) is 0. The van der Waals surface area contributed by atoms with Gasteiger partial charge in [0.2, 0.25) is 0 Å². The van der Waals surface area contributed by atoms with Crippen LogP contribution in [0.2, 0.25) is 0 Å². The summed E-state index contributed by atoms with van der Waals surface area (Å²) in [5, 5.41) is 7.03. The summed E-state index contributed by atoms with van der Waals surface area (Å²) in [4.78, 5) is 0. The van der Waals surface area contributed by atoms with Crippen LogP contribution >= 0.6 is 0 Å². The van der Waals surface area contributed by atoms with Crippen LogP contribution in [0.1, 0.15) is 53.2 Å². The fourth-order valence-corrected chi connectivity index (χ4v) is 4.02. The Bertz CT molecular complexity index is 812. The molecule has 2 heterocycles. The molecule has 0 spiro atoms. The van der Waals surface area contributed by atoms with Crippen molar-refractivity contribution in [3.8, 4) is 0 Å². The fraction of sp³-hybridized carbons (Fsp3) is 0.455. The second kappa shape index (κ2) is 7.85. The number of nitrogens with one attached hydrogen (secondary N) is 2. The molecule has 2 N–H and O–H groups in total. The highest BCUT2D eigenvalue weighted by Crippen LogP contribution is 2.34. The van der Waals surface area contributed by atoms with Crippen molar-refractivity contribution in [2.75, 3.05) is 19.7 Å². The second-order valence-electron chi connectivity index (χ2n) is 7.67. The smallest absolute Gasteiger partial charge is 0.375 e. The average Bonchev–Trinajstić information content (AvgIpc) is 2.90. The second-order valence-corrected chi connectivity index (χ2v) is 7.67.